The van der Waals surface area contributed by atoms with Gasteiger partial charge in [0.15, 0.2) is 0 Å². The molecule has 3 aromatic rings. The molecule has 4 rings (SSSR count). The Balaban J connectivity index is 1.40. The summed E-state index contributed by atoms with van der Waals surface area (Å²) in [4.78, 5) is 15.0. The van der Waals surface area contributed by atoms with E-state index in [1.54, 1.807) is 7.11 Å². The Morgan fingerprint density at radius 2 is 1.90 bits per heavy atom. The number of hydrogen-bond donors (Lipinski definition) is 1. The van der Waals surface area contributed by atoms with Gasteiger partial charge in [0, 0.05) is 44.1 Å². The molecule has 1 amide bonds. The summed E-state index contributed by atoms with van der Waals surface area (Å²) < 4.78 is 7.54. The van der Waals surface area contributed by atoms with Crippen molar-refractivity contribution in [2.45, 2.75) is 32.1 Å². The van der Waals surface area contributed by atoms with Gasteiger partial charge in [0.2, 0.25) is 5.91 Å². The molecule has 1 aromatic heterocycles. The molecule has 150 valence electrons. The fraction of sp³-hybridized carbons (Fsp3) is 0.292. The maximum Gasteiger partial charge on any atom is 0.224 e. The van der Waals surface area contributed by atoms with Crippen molar-refractivity contribution >= 4 is 5.91 Å². The molecule has 1 unspecified atom stereocenters. The Kier molecular flexibility index (Phi) is 5.96. The molecular formula is C24H27N3O2. The molecule has 0 spiro atoms. The van der Waals surface area contributed by atoms with E-state index in [1.165, 1.54) is 11.3 Å². The summed E-state index contributed by atoms with van der Waals surface area (Å²) in [6.07, 6.45) is 2.48. The topological polar surface area (TPSA) is 46.5 Å². The van der Waals surface area contributed by atoms with Crippen LogP contribution in [0.15, 0.2) is 72.9 Å². The van der Waals surface area contributed by atoms with E-state index in [4.69, 9.17) is 4.74 Å². The van der Waals surface area contributed by atoms with E-state index in [9.17, 15) is 4.79 Å². The van der Waals surface area contributed by atoms with Gasteiger partial charge in [-0.1, -0.05) is 42.5 Å². The van der Waals surface area contributed by atoms with Crippen molar-refractivity contribution in [3.05, 3.63) is 89.7 Å². The summed E-state index contributed by atoms with van der Waals surface area (Å²) in [5.41, 5.74) is 3.57. The number of aromatic nitrogens is 1. The highest BCUT2D eigenvalue weighted by Gasteiger charge is 2.26. The fourth-order valence-electron chi connectivity index (χ4n) is 3.91. The van der Waals surface area contributed by atoms with Crippen molar-refractivity contribution in [1.82, 2.24) is 14.8 Å². The Morgan fingerprint density at radius 1 is 1.07 bits per heavy atom. The molecule has 1 aliphatic rings. The van der Waals surface area contributed by atoms with E-state index in [0.717, 1.165) is 30.9 Å². The van der Waals surface area contributed by atoms with Crippen LogP contribution in [0.1, 0.15) is 16.8 Å². The van der Waals surface area contributed by atoms with Gasteiger partial charge in [-0.25, -0.2) is 0 Å². The number of nitrogens with one attached hydrogen (secondary N) is 1. The molecule has 0 saturated heterocycles. The van der Waals surface area contributed by atoms with Crippen LogP contribution in [-0.2, 0) is 30.8 Å². The van der Waals surface area contributed by atoms with E-state index < -0.39 is 0 Å². The molecule has 5 nitrogen and oxygen atoms in total. The van der Waals surface area contributed by atoms with Crippen molar-refractivity contribution in [2.75, 3.05) is 13.7 Å². The van der Waals surface area contributed by atoms with Gasteiger partial charge in [-0.3, -0.25) is 9.69 Å². The van der Waals surface area contributed by atoms with Crippen LogP contribution in [0.5, 0.6) is 5.75 Å². The van der Waals surface area contributed by atoms with Gasteiger partial charge >= 0.3 is 0 Å². The smallest absolute Gasteiger partial charge is 0.224 e. The van der Waals surface area contributed by atoms with Crippen LogP contribution in [0.4, 0.5) is 0 Å². The predicted octanol–water partition coefficient (Wildman–Crippen LogP) is 3.24. The number of benzene rings is 2. The van der Waals surface area contributed by atoms with Gasteiger partial charge in [-0.05, 0) is 35.4 Å². The Labute approximate surface area is 171 Å². The Bertz CT molecular complexity index is 952. The quantitative estimate of drug-likeness (QED) is 0.675. The fourth-order valence-corrected chi connectivity index (χ4v) is 3.91. The molecule has 29 heavy (non-hydrogen) atoms. The summed E-state index contributed by atoms with van der Waals surface area (Å²) in [7, 11) is 1.64. The molecule has 0 fully saturated rings. The first kappa shape index (κ1) is 19.3. The number of carbonyl (C=O) groups excluding carboxylic acids is 1. The average Bonchev–Trinajstić information content (AvgIpc) is 3.20. The van der Waals surface area contributed by atoms with Crippen LogP contribution in [-0.4, -0.2) is 35.1 Å². The molecular weight excluding hydrogens is 362 g/mol. The zero-order valence-corrected chi connectivity index (χ0v) is 16.8. The zero-order chi connectivity index (χ0) is 20.1. The third-order valence-corrected chi connectivity index (χ3v) is 5.47. The number of hydrogen-bond acceptors (Lipinski definition) is 3. The molecule has 0 bridgehead atoms. The monoisotopic (exact) mass is 389 g/mol. The van der Waals surface area contributed by atoms with E-state index in [1.807, 2.05) is 30.3 Å². The van der Waals surface area contributed by atoms with Gasteiger partial charge in [0.1, 0.15) is 5.75 Å². The second-order valence-corrected chi connectivity index (χ2v) is 7.53. The number of rotatable bonds is 7. The van der Waals surface area contributed by atoms with Crippen LogP contribution in [0.25, 0.3) is 0 Å². The third kappa shape index (κ3) is 4.87. The first-order valence-electron chi connectivity index (χ1n) is 10.0. The summed E-state index contributed by atoms with van der Waals surface area (Å²) in [6.45, 7) is 3.28. The number of carbonyl (C=O) groups is 1. The van der Waals surface area contributed by atoms with Crippen LogP contribution in [0, 0.1) is 0 Å². The number of fused-ring (bicyclic) bond motifs is 1. The van der Waals surface area contributed by atoms with Crippen LogP contribution in [0.3, 0.4) is 0 Å². The van der Waals surface area contributed by atoms with E-state index in [0.29, 0.717) is 13.0 Å². The Hall–Kier alpha value is -3.05. The number of ether oxygens (including phenoxy) is 1. The van der Waals surface area contributed by atoms with Crippen molar-refractivity contribution in [3.63, 3.8) is 0 Å². The maximum atomic E-state index is 12.5. The molecule has 5 heteroatoms. The standard InChI is InChI=1S/C24H27N3O2/c1-29-23-11-5-9-20(13-23)14-24(28)25-15-22-18-26-12-6-10-21(26)17-27(22)16-19-7-3-2-4-8-19/h2-13,22H,14-18H2,1H3,(H,25,28). The molecule has 1 N–H and O–H groups in total. The largest absolute Gasteiger partial charge is 0.497 e. The van der Waals surface area contributed by atoms with Gasteiger partial charge in [0.25, 0.3) is 0 Å². The van der Waals surface area contributed by atoms with Gasteiger partial charge < -0.3 is 14.6 Å². The lowest BCUT2D eigenvalue weighted by Crippen LogP contribution is -2.48. The highest BCUT2D eigenvalue weighted by molar-refractivity contribution is 5.78. The lowest BCUT2D eigenvalue weighted by atomic mass is 10.1. The molecule has 0 radical (unpaired) electrons. The van der Waals surface area contributed by atoms with Crippen LogP contribution in [0.2, 0.25) is 0 Å². The molecule has 0 aliphatic carbocycles. The lowest BCUT2D eigenvalue weighted by molar-refractivity contribution is -0.120. The molecule has 1 atom stereocenters. The second kappa shape index (κ2) is 8.97. The summed E-state index contributed by atoms with van der Waals surface area (Å²) in [5, 5.41) is 3.14. The number of nitrogens with zero attached hydrogens (tertiary/aromatic N) is 2. The number of amides is 1. The molecule has 0 saturated carbocycles. The van der Waals surface area contributed by atoms with Crippen molar-refractivity contribution < 1.29 is 9.53 Å². The first-order chi connectivity index (χ1) is 14.2. The maximum absolute atomic E-state index is 12.5. The van der Waals surface area contributed by atoms with Crippen LogP contribution < -0.4 is 10.1 Å². The minimum atomic E-state index is 0.0382. The Morgan fingerprint density at radius 3 is 2.72 bits per heavy atom. The highest BCUT2D eigenvalue weighted by Crippen LogP contribution is 2.20. The highest BCUT2D eigenvalue weighted by atomic mass is 16.5. The lowest BCUT2D eigenvalue weighted by Gasteiger charge is -2.37. The van der Waals surface area contributed by atoms with E-state index in [-0.39, 0.29) is 11.9 Å². The number of methoxy groups -OCH3 is 1. The molecule has 1 aliphatic heterocycles. The van der Waals surface area contributed by atoms with Crippen molar-refractivity contribution in [2.24, 2.45) is 0 Å². The summed E-state index contributed by atoms with van der Waals surface area (Å²) >= 11 is 0. The molecule has 2 aromatic carbocycles. The molecule has 2 heterocycles. The van der Waals surface area contributed by atoms with Crippen LogP contribution >= 0.6 is 0 Å². The normalized spacial score (nSPS) is 16.2. The van der Waals surface area contributed by atoms with Crippen molar-refractivity contribution in [1.29, 1.82) is 0 Å². The van der Waals surface area contributed by atoms with E-state index >= 15 is 0 Å². The summed E-state index contributed by atoms with van der Waals surface area (Å²) in [5.74, 6) is 0.813. The first-order valence-corrected chi connectivity index (χ1v) is 10.0. The van der Waals surface area contributed by atoms with Gasteiger partial charge in [0.05, 0.1) is 13.5 Å². The minimum Gasteiger partial charge on any atom is -0.497 e. The van der Waals surface area contributed by atoms with Gasteiger partial charge in [-0.15, -0.1) is 0 Å². The zero-order valence-electron chi connectivity index (χ0n) is 16.8. The summed E-state index contributed by atoms with van der Waals surface area (Å²) in [6, 6.07) is 22.7. The predicted molar refractivity (Wildman–Crippen MR) is 114 cm³/mol. The van der Waals surface area contributed by atoms with Crippen molar-refractivity contribution in [3.8, 4) is 5.75 Å². The second-order valence-electron chi connectivity index (χ2n) is 7.53. The average molecular weight is 389 g/mol. The van der Waals surface area contributed by atoms with E-state index in [2.05, 4.69) is 57.4 Å². The minimum absolute atomic E-state index is 0.0382. The van der Waals surface area contributed by atoms with Gasteiger partial charge in [-0.2, -0.15) is 0 Å². The third-order valence-electron chi connectivity index (χ3n) is 5.47. The SMILES string of the molecule is COc1cccc(CC(=O)NCC2Cn3cccc3CN2Cc2ccccc2)c1.